The van der Waals surface area contributed by atoms with Crippen LogP contribution in [0.5, 0.6) is 11.5 Å². The van der Waals surface area contributed by atoms with Crippen molar-refractivity contribution < 1.29 is 23.9 Å². The molecule has 3 aromatic rings. The first-order valence-electron chi connectivity index (χ1n) is 11.4. The number of nitrogens with zero attached hydrogens (tertiary/aromatic N) is 1. The van der Waals surface area contributed by atoms with Gasteiger partial charge < -0.3 is 25.0 Å². The molecule has 3 amide bonds. The molecule has 1 fully saturated rings. The van der Waals surface area contributed by atoms with Gasteiger partial charge in [0.1, 0.15) is 11.5 Å². The van der Waals surface area contributed by atoms with Crippen molar-refractivity contribution in [2.24, 2.45) is 5.92 Å². The van der Waals surface area contributed by atoms with Gasteiger partial charge in [-0.3, -0.25) is 14.4 Å². The van der Waals surface area contributed by atoms with Crippen molar-refractivity contribution in [3.63, 3.8) is 0 Å². The van der Waals surface area contributed by atoms with Crippen LogP contribution in [0.2, 0.25) is 0 Å². The first kappa shape index (κ1) is 23.8. The lowest BCUT2D eigenvalue weighted by Gasteiger charge is -2.17. The van der Waals surface area contributed by atoms with Gasteiger partial charge >= 0.3 is 0 Å². The average molecular weight is 474 g/mol. The molecule has 8 nitrogen and oxygen atoms in total. The van der Waals surface area contributed by atoms with Gasteiger partial charge in [0.15, 0.2) is 0 Å². The summed E-state index contributed by atoms with van der Waals surface area (Å²) in [4.78, 5) is 39.4. The molecule has 0 aromatic heterocycles. The predicted octanol–water partition coefficient (Wildman–Crippen LogP) is 4.34. The highest BCUT2D eigenvalue weighted by Gasteiger charge is 2.35. The van der Waals surface area contributed by atoms with Gasteiger partial charge in [-0.05, 0) is 79.7 Å². The Bertz CT molecular complexity index is 1190. The summed E-state index contributed by atoms with van der Waals surface area (Å²) in [6, 6.07) is 20.9. The van der Waals surface area contributed by atoms with Crippen molar-refractivity contribution in [1.82, 2.24) is 0 Å². The van der Waals surface area contributed by atoms with E-state index >= 15 is 0 Å². The summed E-state index contributed by atoms with van der Waals surface area (Å²) >= 11 is 0. The fourth-order valence-electron chi connectivity index (χ4n) is 3.85. The third-order valence-electron chi connectivity index (χ3n) is 5.72. The normalized spacial score (nSPS) is 15.0. The van der Waals surface area contributed by atoms with Crippen LogP contribution in [0.1, 0.15) is 23.7 Å². The minimum atomic E-state index is -0.466. The molecule has 1 aliphatic rings. The minimum Gasteiger partial charge on any atom is -0.497 e. The molecule has 0 saturated carbocycles. The monoisotopic (exact) mass is 473 g/mol. The Morgan fingerprint density at radius 3 is 2.11 bits per heavy atom. The summed E-state index contributed by atoms with van der Waals surface area (Å²) in [6.07, 6.45) is 0.140. The number of benzene rings is 3. The first-order valence-corrected chi connectivity index (χ1v) is 11.4. The molecule has 35 heavy (non-hydrogen) atoms. The van der Waals surface area contributed by atoms with Crippen molar-refractivity contribution in [2.45, 2.75) is 13.3 Å². The molecular weight excluding hydrogens is 446 g/mol. The fraction of sp³-hybridized carbons (Fsp3) is 0.222. The van der Waals surface area contributed by atoms with Gasteiger partial charge in [-0.15, -0.1) is 0 Å². The lowest BCUT2D eigenvalue weighted by Crippen LogP contribution is -2.28. The molecule has 8 heteroatoms. The number of anilines is 3. The van der Waals surface area contributed by atoms with Crippen LogP contribution in [0.15, 0.2) is 72.8 Å². The average Bonchev–Trinajstić information content (AvgIpc) is 3.27. The molecule has 2 N–H and O–H groups in total. The van der Waals surface area contributed by atoms with Gasteiger partial charge in [0.2, 0.25) is 11.8 Å². The number of carbonyl (C=O) groups excluding carboxylic acids is 3. The Labute approximate surface area is 203 Å². The summed E-state index contributed by atoms with van der Waals surface area (Å²) in [5, 5.41) is 5.66. The molecule has 0 spiro atoms. The van der Waals surface area contributed by atoms with E-state index in [0.29, 0.717) is 35.8 Å². The Kier molecular flexibility index (Phi) is 7.30. The van der Waals surface area contributed by atoms with Gasteiger partial charge in [-0.25, -0.2) is 0 Å². The summed E-state index contributed by atoms with van der Waals surface area (Å²) in [6.45, 7) is 2.78. The molecule has 1 aliphatic heterocycles. The standard InChI is InChI=1S/C27H27N3O5/c1-3-35-24-14-10-22(11-15-24)30-17-19(16-25(30)31)27(33)29-20-6-4-18(5-7-20)26(32)28-21-8-12-23(34-2)13-9-21/h4-15,19H,3,16-17H2,1-2H3,(H,28,32)(H,29,33)/t19-/m1/s1. The zero-order valence-corrected chi connectivity index (χ0v) is 19.6. The van der Waals surface area contributed by atoms with E-state index in [1.807, 2.05) is 31.2 Å². The second-order valence-corrected chi connectivity index (χ2v) is 8.08. The van der Waals surface area contributed by atoms with Crippen LogP contribution in [0.3, 0.4) is 0 Å². The van der Waals surface area contributed by atoms with Crippen molar-refractivity contribution in [3.8, 4) is 11.5 Å². The largest absolute Gasteiger partial charge is 0.497 e. The first-order chi connectivity index (χ1) is 17.0. The van der Waals surface area contributed by atoms with E-state index in [0.717, 1.165) is 11.4 Å². The van der Waals surface area contributed by atoms with E-state index in [1.54, 1.807) is 60.5 Å². The zero-order chi connectivity index (χ0) is 24.8. The summed E-state index contributed by atoms with van der Waals surface area (Å²) in [7, 11) is 1.58. The van der Waals surface area contributed by atoms with E-state index in [1.165, 1.54) is 0 Å². The number of hydrogen-bond donors (Lipinski definition) is 2. The summed E-state index contributed by atoms with van der Waals surface area (Å²) < 4.78 is 10.6. The molecule has 0 unspecified atom stereocenters. The number of rotatable bonds is 8. The highest BCUT2D eigenvalue weighted by atomic mass is 16.5. The highest BCUT2D eigenvalue weighted by molar-refractivity contribution is 6.05. The number of nitrogens with one attached hydrogen (secondary N) is 2. The quantitative estimate of drug-likeness (QED) is 0.507. The molecule has 0 radical (unpaired) electrons. The minimum absolute atomic E-state index is 0.0974. The lowest BCUT2D eigenvalue weighted by molar-refractivity contribution is -0.122. The van der Waals surface area contributed by atoms with Crippen LogP contribution in [0.4, 0.5) is 17.1 Å². The van der Waals surface area contributed by atoms with E-state index in [9.17, 15) is 14.4 Å². The second-order valence-electron chi connectivity index (χ2n) is 8.08. The van der Waals surface area contributed by atoms with Crippen molar-refractivity contribution >= 4 is 34.8 Å². The summed E-state index contributed by atoms with van der Waals surface area (Å²) in [5.74, 6) is 0.377. The van der Waals surface area contributed by atoms with Gasteiger partial charge in [0.05, 0.1) is 19.6 Å². The SMILES string of the molecule is CCOc1ccc(N2C[C@H](C(=O)Nc3ccc(C(=O)Nc4ccc(OC)cc4)cc3)CC2=O)cc1. The van der Waals surface area contributed by atoms with Crippen molar-refractivity contribution in [3.05, 3.63) is 78.4 Å². The molecule has 1 saturated heterocycles. The van der Waals surface area contributed by atoms with Crippen LogP contribution in [-0.4, -0.2) is 38.0 Å². The molecule has 3 aromatic carbocycles. The van der Waals surface area contributed by atoms with Crippen LogP contribution in [0, 0.1) is 5.92 Å². The second kappa shape index (κ2) is 10.7. The lowest BCUT2D eigenvalue weighted by atomic mass is 10.1. The van der Waals surface area contributed by atoms with Crippen molar-refractivity contribution in [2.75, 3.05) is 35.8 Å². The molecule has 180 valence electrons. The maximum Gasteiger partial charge on any atom is 0.255 e. The van der Waals surface area contributed by atoms with Crippen LogP contribution in [-0.2, 0) is 9.59 Å². The zero-order valence-electron chi connectivity index (χ0n) is 19.6. The summed E-state index contributed by atoms with van der Waals surface area (Å²) in [5.41, 5.74) is 2.40. The van der Waals surface area contributed by atoms with Gasteiger partial charge in [0.25, 0.3) is 5.91 Å². The Morgan fingerprint density at radius 1 is 0.886 bits per heavy atom. The van der Waals surface area contributed by atoms with Crippen molar-refractivity contribution in [1.29, 1.82) is 0 Å². The van der Waals surface area contributed by atoms with Gasteiger partial charge in [0, 0.05) is 35.6 Å². The fourth-order valence-corrected chi connectivity index (χ4v) is 3.85. The molecule has 1 atom stereocenters. The number of hydrogen-bond acceptors (Lipinski definition) is 5. The molecule has 0 bridgehead atoms. The van der Waals surface area contributed by atoms with E-state index < -0.39 is 5.92 Å². The third-order valence-corrected chi connectivity index (χ3v) is 5.72. The molecule has 0 aliphatic carbocycles. The number of carbonyl (C=O) groups is 3. The highest BCUT2D eigenvalue weighted by Crippen LogP contribution is 2.28. The van der Waals surface area contributed by atoms with E-state index in [4.69, 9.17) is 9.47 Å². The van der Waals surface area contributed by atoms with Gasteiger partial charge in [-0.1, -0.05) is 0 Å². The van der Waals surface area contributed by atoms with E-state index in [2.05, 4.69) is 10.6 Å². The van der Waals surface area contributed by atoms with Crippen LogP contribution in [0.25, 0.3) is 0 Å². The predicted molar refractivity (Wildman–Crippen MR) is 134 cm³/mol. The molecular formula is C27H27N3O5. The third kappa shape index (κ3) is 5.78. The Morgan fingerprint density at radius 2 is 1.49 bits per heavy atom. The molecule has 4 rings (SSSR count). The number of ether oxygens (including phenoxy) is 2. The maximum absolute atomic E-state index is 12.8. The topological polar surface area (TPSA) is 97.0 Å². The van der Waals surface area contributed by atoms with E-state index in [-0.39, 0.29) is 24.1 Å². The smallest absolute Gasteiger partial charge is 0.255 e. The number of amides is 3. The molecule has 1 heterocycles. The van der Waals surface area contributed by atoms with Crippen LogP contribution >= 0.6 is 0 Å². The Balaban J connectivity index is 1.33. The maximum atomic E-state index is 12.8. The van der Waals surface area contributed by atoms with Crippen LogP contribution < -0.4 is 25.0 Å². The van der Waals surface area contributed by atoms with Gasteiger partial charge in [-0.2, -0.15) is 0 Å². The number of methoxy groups -OCH3 is 1. The Hall–Kier alpha value is -4.33.